The number of nitrogens with zero attached hydrogens (tertiary/aromatic N) is 1. The van der Waals surface area contributed by atoms with Crippen molar-refractivity contribution < 1.29 is 24.4 Å². The van der Waals surface area contributed by atoms with Gasteiger partial charge in [-0.25, -0.2) is 4.79 Å². The number of nitrogens with one attached hydrogen (secondary N) is 1. The number of amides is 1. The monoisotopic (exact) mass is 294 g/mol. The minimum Gasteiger partial charge on any atom is -0.479 e. The molecule has 1 aromatic rings. The number of rotatable bonds is 4. The number of aliphatic carboxylic acids is 1. The average Bonchev–Trinajstić information content (AvgIpc) is 2.88. The van der Waals surface area contributed by atoms with E-state index in [1.807, 2.05) is 0 Å². The lowest BCUT2D eigenvalue weighted by molar-refractivity contribution is -0.385. The van der Waals surface area contributed by atoms with E-state index in [4.69, 9.17) is 9.84 Å². The average molecular weight is 294 g/mol. The smallest absolute Gasteiger partial charge is 0.332 e. The fourth-order valence-corrected chi connectivity index (χ4v) is 2.17. The SMILES string of the molecule is Cc1cc(NC(=O)C2CCC(C(=O)O)O2)ccc1[N+](=O)[O-]. The Balaban J connectivity index is 2.02. The second kappa shape index (κ2) is 5.88. The van der Waals surface area contributed by atoms with Crippen LogP contribution >= 0.6 is 0 Å². The van der Waals surface area contributed by atoms with Crippen molar-refractivity contribution in [2.24, 2.45) is 0 Å². The van der Waals surface area contributed by atoms with Crippen LogP contribution in [0.2, 0.25) is 0 Å². The Morgan fingerprint density at radius 3 is 2.57 bits per heavy atom. The third-order valence-corrected chi connectivity index (χ3v) is 3.25. The van der Waals surface area contributed by atoms with Gasteiger partial charge in [-0.1, -0.05) is 0 Å². The summed E-state index contributed by atoms with van der Waals surface area (Å²) in [4.78, 5) is 32.9. The number of nitro groups is 1. The first-order valence-electron chi connectivity index (χ1n) is 6.32. The van der Waals surface area contributed by atoms with E-state index in [1.165, 1.54) is 18.2 Å². The summed E-state index contributed by atoms with van der Waals surface area (Å²) in [7, 11) is 0. The highest BCUT2D eigenvalue weighted by Crippen LogP contribution is 2.24. The van der Waals surface area contributed by atoms with Crippen molar-refractivity contribution in [2.45, 2.75) is 32.0 Å². The summed E-state index contributed by atoms with van der Waals surface area (Å²) in [6.07, 6.45) is -1.16. The number of nitro benzene ring substituents is 1. The molecule has 1 amide bonds. The molecule has 1 saturated heterocycles. The second-order valence-corrected chi connectivity index (χ2v) is 4.78. The molecule has 2 atom stereocenters. The van der Waals surface area contributed by atoms with Crippen LogP contribution in [-0.2, 0) is 14.3 Å². The molecule has 1 fully saturated rings. The third kappa shape index (κ3) is 3.34. The van der Waals surface area contributed by atoms with Gasteiger partial charge in [-0.3, -0.25) is 14.9 Å². The van der Waals surface area contributed by atoms with Gasteiger partial charge in [0.1, 0.15) is 6.10 Å². The maximum absolute atomic E-state index is 12.0. The van der Waals surface area contributed by atoms with Gasteiger partial charge in [0.25, 0.3) is 11.6 Å². The van der Waals surface area contributed by atoms with Crippen LogP contribution in [0.25, 0.3) is 0 Å². The minimum absolute atomic E-state index is 0.0314. The van der Waals surface area contributed by atoms with Gasteiger partial charge in [-0.05, 0) is 31.9 Å². The highest BCUT2D eigenvalue weighted by Gasteiger charge is 2.34. The van der Waals surface area contributed by atoms with Crippen molar-refractivity contribution in [3.8, 4) is 0 Å². The van der Waals surface area contributed by atoms with Crippen molar-refractivity contribution in [1.82, 2.24) is 0 Å². The maximum Gasteiger partial charge on any atom is 0.332 e. The molecule has 1 heterocycles. The van der Waals surface area contributed by atoms with Gasteiger partial charge in [0.2, 0.25) is 0 Å². The largest absolute Gasteiger partial charge is 0.479 e. The zero-order valence-electron chi connectivity index (χ0n) is 11.2. The summed E-state index contributed by atoms with van der Waals surface area (Å²) in [5.41, 5.74) is 0.801. The van der Waals surface area contributed by atoms with Crippen molar-refractivity contribution >= 4 is 23.3 Å². The third-order valence-electron chi connectivity index (χ3n) is 3.25. The molecule has 0 saturated carbocycles. The van der Waals surface area contributed by atoms with E-state index in [9.17, 15) is 19.7 Å². The zero-order valence-corrected chi connectivity index (χ0v) is 11.2. The van der Waals surface area contributed by atoms with Crippen LogP contribution in [0.3, 0.4) is 0 Å². The van der Waals surface area contributed by atoms with Crippen LogP contribution in [0.4, 0.5) is 11.4 Å². The Labute approximate surface area is 119 Å². The van der Waals surface area contributed by atoms with E-state index in [2.05, 4.69) is 5.32 Å². The van der Waals surface area contributed by atoms with Crippen molar-refractivity contribution in [3.63, 3.8) is 0 Å². The number of anilines is 1. The topological polar surface area (TPSA) is 119 Å². The first-order valence-corrected chi connectivity index (χ1v) is 6.32. The van der Waals surface area contributed by atoms with E-state index in [1.54, 1.807) is 6.92 Å². The van der Waals surface area contributed by atoms with Crippen LogP contribution < -0.4 is 5.32 Å². The van der Waals surface area contributed by atoms with Crippen LogP contribution in [-0.4, -0.2) is 34.1 Å². The standard InChI is InChI=1S/C13H14N2O6/c1-7-6-8(2-3-9(7)15(19)20)14-12(16)10-4-5-11(21-10)13(17)18/h2-3,6,10-11H,4-5H2,1H3,(H,14,16)(H,17,18). The number of hydrogen-bond acceptors (Lipinski definition) is 5. The van der Waals surface area contributed by atoms with Crippen molar-refractivity contribution in [3.05, 3.63) is 33.9 Å². The molecule has 0 bridgehead atoms. The van der Waals surface area contributed by atoms with Gasteiger partial charge in [0, 0.05) is 17.3 Å². The number of aryl methyl sites for hydroxylation is 1. The Hall–Kier alpha value is -2.48. The molecular formula is C13H14N2O6. The molecule has 1 aliphatic rings. The summed E-state index contributed by atoms with van der Waals surface area (Å²) in [6.45, 7) is 1.57. The first kappa shape index (κ1) is 14.9. The van der Waals surface area contributed by atoms with Crippen LogP contribution in [0.15, 0.2) is 18.2 Å². The Morgan fingerprint density at radius 2 is 2.05 bits per heavy atom. The number of carboxylic acids is 1. The summed E-state index contributed by atoms with van der Waals surface area (Å²) in [5.74, 6) is -1.54. The number of carboxylic acid groups (broad SMARTS) is 1. The van der Waals surface area contributed by atoms with E-state index >= 15 is 0 Å². The second-order valence-electron chi connectivity index (χ2n) is 4.78. The lowest BCUT2D eigenvalue weighted by Gasteiger charge is -2.12. The summed E-state index contributed by atoms with van der Waals surface area (Å²) < 4.78 is 5.13. The molecule has 8 heteroatoms. The molecule has 2 unspecified atom stereocenters. The number of benzene rings is 1. The quantitative estimate of drug-likeness (QED) is 0.641. The number of carbonyl (C=O) groups is 2. The first-order chi connectivity index (χ1) is 9.88. The van der Waals surface area contributed by atoms with Crippen LogP contribution in [0.5, 0.6) is 0 Å². The summed E-state index contributed by atoms with van der Waals surface area (Å²) in [5, 5.41) is 22.1. The number of ether oxygens (including phenoxy) is 1. The fraction of sp³-hybridized carbons (Fsp3) is 0.385. The molecule has 1 aliphatic heterocycles. The number of hydrogen-bond donors (Lipinski definition) is 2. The molecule has 0 spiro atoms. The molecule has 2 N–H and O–H groups in total. The fourth-order valence-electron chi connectivity index (χ4n) is 2.17. The Bertz CT molecular complexity index is 600. The molecule has 0 radical (unpaired) electrons. The summed E-state index contributed by atoms with van der Waals surface area (Å²) >= 11 is 0. The molecule has 21 heavy (non-hydrogen) atoms. The molecule has 8 nitrogen and oxygen atoms in total. The lowest BCUT2D eigenvalue weighted by atomic mass is 10.1. The van der Waals surface area contributed by atoms with E-state index < -0.39 is 29.0 Å². The van der Waals surface area contributed by atoms with Gasteiger partial charge in [-0.2, -0.15) is 0 Å². The van der Waals surface area contributed by atoms with E-state index in [0.29, 0.717) is 17.7 Å². The minimum atomic E-state index is -1.09. The molecule has 2 rings (SSSR count). The van der Waals surface area contributed by atoms with Gasteiger partial charge in [0.15, 0.2) is 6.10 Å². The Kier molecular flexibility index (Phi) is 4.18. The van der Waals surface area contributed by atoms with Crippen LogP contribution in [0.1, 0.15) is 18.4 Å². The molecule has 0 aromatic heterocycles. The molecule has 112 valence electrons. The highest BCUT2D eigenvalue weighted by molar-refractivity contribution is 5.95. The predicted molar refractivity (Wildman–Crippen MR) is 72.0 cm³/mol. The van der Waals surface area contributed by atoms with Crippen molar-refractivity contribution in [2.75, 3.05) is 5.32 Å². The predicted octanol–water partition coefficient (Wildman–Crippen LogP) is 1.47. The molecule has 1 aromatic carbocycles. The highest BCUT2D eigenvalue weighted by atomic mass is 16.6. The van der Waals surface area contributed by atoms with E-state index in [-0.39, 0.29) is 12.1 Å². The van der Waals surface area contributed by atoms with Crippen LogP contribution in [0, 0.1) is 17.0 Å². The van der Waals surface area contributed by atoms with Gasteiger partial charge in [-0.15, -0.1) is 0 Å². The van der Waals surface area contributed by atoms with Crippen molar-refractivity contribution in [1.29, 1.82) is 0 Å². The molecule has 0 aliphatic carbocycles. The summed E-state index contributed by atoms with van der Waals surface area (Å²) in [6, 6.07) is 4.22. The van der Waals surface area contributed by atoms with Gasteiger partial charge >= 0.3 is 5.97 Å². The normalized spacial score (nSPS) is 21.0. The van der Waals surface area contributed by atoms with E-state index in [0.717, 1.165) is 0 Å². The zero-order chi connectivity index (χ0) is 15.6. The molecular weight excluding hydrogens is 280 g/mol. The number of carbonyl (C=O) groups excluding carboxylic acids is 1. The maximum atomic E-state index is 12.0. The van der Waals surface area contributed by atoms with Gasteiger partial charge < -0.3 is 15.2 Å². The Morgan fingerprint density at radius 1 is 1.38 bits per heavy atom. The van der Waals surface area contributed by atoms with Gasteiger partial charge in [0.05, 0.1) is 4.92 Å². The lowest BCUT2D eigenvalue weighted by Crippen LogP contribution is -2.29.